The number of rotatable bonds is 4. The van der Waals surface area contributed by atoms with Crippen molar-refractivity contribution in [2.75, 3.05) is 0 Å². The van der Waals surface area contributed by atoms with E-state index in [4.69, 9.17) is 4.42 Å². The summed E-state index contributed by atoms with van der Waals surface area (Å²) in [6.45, 7) is 3.22. The number of imidazole rings is 1. The zero-order valence-corrected chi connectivity index (χ0v) is 17.0. The Kier molecular flexibility index (Phi) is 5.31. The predicted octanol–water partition coefficient (Wildman–Crippen LogP) is 2.89. The van der Waals surface area contributed by atoms with Crippen LogP contribution in [-0.4, -0.2) is 20.9 Å². The van der Waals surface area contributed by atoms with Gasteiger partial charge in [-0.25, -0.2) is 4.79 Å². The third-order valence-electron chi connectivity index (χ3n) is 5.29. The van der Waals surface area contributed by atoms with Gasteiger partial charge in [-0.3, -0.25) is 29.6 Å². The predicted molar refractivity (Wildman–Crippen MR) is 113 cm³/mol. The van der Waals surface area contributed by atoms with Gasteiger partial charge in [0.05, 0.1) is 16.6 Å². The first-order chi connectivity index (χ1) is 14.5. The van der Waals surface area contributed by atoms with Crippen molar-refractivity contribution in [2.24, 2.45) is 0 Å². The number of carbonyl (C=O) groups excluding carboxylic acids is 2. The van der Waals surface area contributed by atoms with E-state index in [0.29, 0.717) is 22.6 Å². The van der Waals surface area contributed by atoms with Gasteiger partial charge in [0.15, 0.2) is 0 Å². The maximum Gasteiger partial charge on any atom is 0.333 e. The largest absolute Gasteiger partial charge is 0.466 e. The van der Waals surface area contributed by atoms with Crippen molar-refractivity contribution >= 4 is 28.5 Å². The summed E-state index contributed by atoms with van der Waals surface area (Å²) in [5.74, 6) is 0.114. The third-order valence-corrected chi connectivity index (χ3v) is 5.29. The molecule has 0 aliphatic heterocycles. The zero-order chi connectivity index (χ0) is 21.3. The van der Waals surface area contributed by atoms with Crippen molar-refractivity contribution in [1.29, 1.82) is 0 Å². The third kappa shape index (κ3) is 3.68. The average Bonchev–Trinajstić information content (AvgIpc) is 3.23. The van der Waals surface area contributed by atoms with Crippen LogP contribution >= 0.6 is 0 Å². The lowest BCUT2D eigenvalue weighted by atomic mass is 10.0. The van der Waals surface area contributed by atoms with Crippen LogP contribution in [0.2, 0.25) is 0 Å². The molecule has 1 aliphatic rings. The van der Waals surface area contributed by atoms with E-state index in [1.807, 2.05) is 24.3 Å². The van der Waals surface area contributed by atoms with E-state index in [9.17, 15) is 14.4 Å². The summed E-state index contributed by atoms with van der Waals surface area (Å²) in [4.78, 5) is 37.9. The highest BCUT2D eigenvalue weighted by molar-refractivity contribution is 5.96. The molecule has 1 aromatic carbocycles. The summed E-state index contributed by atoms with van der Waals surface area (Å²) in [6.07, 6.45) is 6.03. The second-order valence-corrected chi connectivity index (χ2v) is 7.46. The fraction of sp³-hybridized carbons (Fsp3) is 0.318. The van der Waals surface area contributed by atoms with Crippen molar-refractivity contribution in [3.05, 3.63) is 64.0 Å². The lowest BCUT2D eigenvalue weighted by Crippen LogP contribution is -2.44. The number of hydrazine groups is 1. The van der Waals surface area contributed by atoms with Crippen LogP contribution in [0.4, 0.5) is 0 Å². The first-order valence-electron chi connectivity index (χ1n) is 10.0. The fourth-order valence-electron chi connectivity index (χ4n) is 3.90. The van der Waals surface area contributed by atoms with E-state index >= 15 is 0 Å². The molecule has 2 N–H and O–H groups in total. The molecule has 30 heavy (non-hydrogen) atoms. The fourth-order valence-corrected chi connectivity index (χ4v) is 3.90. The molecule has 0 fully saturated rings. The number of furan rings is 1. The first-order valence-corrected chi connectivity index (χ1v) is 10.0. The van der Waals surface area contributed by atoms with E-state index in [-0.39, 0.29) is 12.2 Å². The molecule has 2 amide bonds. The number of hydrogen-bond acceptors (Lipinski definition) is 4. The van der Waals surface area contributed by atoms with Gasteiger partial charge in [0.25, 0.3) is 11.8 Å². The molecule has 0 saturated heterocycles. The molecule has 0 bridgehead atoms. The number of benzene rings is 1. The summed E-state index contributed by atoms with van der Waals surface area (Å²) < 4.78 is 8.46. The summed E-state index contributed by atoms with van der Waals surface area (Å²) in [7, 11) is 0. The van der Waals surface area contributed by atoms with Crippen LogP contribution in [0.5, 0.6) is 0 Å². The summed E-state index contributed by atoms with van der Waals surface area (Å²) >= 11 is 0. The molecule has 2 aromatic heterocycles. The normalized spacial score (nSPS) is 13.9. The van der Waals surface area contributed by atoms with E-state index in [1.54, 1.807) is 24.5 Å². The Morgan fingerprint density at radius 3 is 2.53 bits per heavy atom. The van der Waals surface area contributed by atoms with Crippen LogP contribution < -0.4 is 16.5 Å². The van der Waals surface area contributed by atoms with Crippen molar-refractivity contribution in [1.82, 2.24) is 20.0 Å². The Balaban J connectivity index is 1.55. The number of fused-ring (bicyclic) bond motifs is 1. The van der Waals surface area contributed by atoms with Gasteiger partial charge in [-0.05, 0) is 57.7 Å². The molecule has 0 atom stereocenters. The first kappa shape index (κ1) is 19.8. The number of amides is 2. The Labute approximate surface area is 173 Å². The number of aryl methyl sites for hydroxylation is 2. The second-order valence-electron chi connectivity index (χ2n) is 7.46. The SMILES string of the molecule is Cc1cc(C(=O)NNC(=O)Cn2c(=O)n(C3=CCCCC3)c3ccccc32)c(C)o1. The van der Waals surface area contributed by atoms with Gasteiger partial charge in [-0.2, -0.15) is 0 Å². The van der Waals surface area contributed by atoms with Gasteiger partial charge in [0, 0.05) is 5.70 Å². The summed E-state index contributed by atoms with van der Waals surface area (Å²) in [5.41, 5.74) is 7.28. The number of allylic oxidation sites excluding steroid dienone is 2. The van der Waals surface area contributed by atoms with E-state index in [1.165, 1.54) is 4.57 Å². The average molecular weight is 408 g/mol. The second kappa shape index (κ2) is 8.06. The number of hydrogen-bond donors (Lipinski definition) is 2. The maximum absolute atomic E-state index is 13.1. The highest BCUT2D eigenvalue weighted by Gasteiger charge is 2.19. The Hall–Kier alpha value is -3.55. The van der Waals surface area contributed by atoms with Gasteiger partial charge in [-0.15, -0.1) is 0 Å². The van der Waals surface area contributed by atoms with Crippen LogP contribution in [0.1, 0.15) is 47.6 Å². The van der Waals surface area contributed by atoms with Crippen LogP contribution in [0.3, 0.4) is 0 Å². The molecular weight excluding hydrogens is 384 g/mol. The van der Waals surface area contributed by atoms with Gasteiger partial charge in [0.2, 0.25) is 0 Å². The molecule has 3 aromatic rings. The van der Waals surface area contributed by atoms with Crippen molar-refractivity contribution in [3.8, 4) is 0 Å². The standard InChI is InChI=1S/C22H24N4O4/c1-14-12-17(15(2)30-14)21(28)24-23-20(27)13-25-18-10-6-7-11-19(18)26(22(25)29)16-8-4-3-5-9-16/h6-8,10-12H,3-5,9,13H2,1-2H3,(H,23,27)(H,24,28). The topological polar surface area (TPSA) is 98.3 Å². The quantitative estimate of drug-likeness (QED) is 0.649. The van der Waals surface area contributed by atoms with Crippen LogP contribution in [-0.2, 0) is 11.3 Å². The minimum Gasteiger partial charge on any atom is -0.466 e. The van der Waals surface area contributed by atoms with Crippen LogP contribution in [0.15, 0.2) is 45.6 Å². The molecule has 0 saturated carbocycles. The van der Waals surface area contributed by atoms with Crippen molar-refractivity contribution < 1.29 is 14.0 Å². The molecule has 2 heterocycles. The molecular formula is C22H24N4O4. The van der Waals surface area contributed by atoms with Crippen LogP contribution in [0, 0.1) is 13.8 Å². The van der Waals surface area contributed by atoms with Crippen molar-refractivity contribution in [2.45, 2.75) is 46.1 Å². The Bertz CT molecular complexity index is 1210. The molecule has 8 nitrogen and oxygen atoms in total. The van der Waals surface area contributed by atoms with Gasteiger partial charge in [-0.1, -0.05) is 18.2 Å². The highest BCUT2D eigenvalue weighted by Crippen LogP contribution is 2.24. The Morgan fingerprint density at radius 2 is 1.87 bits per heavy atom. The number of para-hydroxylation sites is 2. The molecule has 0 radical (unpaired) electrons. The van der Waals surface area contributed by atoms with E-state index in [2.05, 4.69) is 16.9 Å². The summed E-state index contributed by atoms with van der Waals surface area (Å²) in [5, 5.41) is 0. The van der Waals surface area contributed by atoms with E-state index in [0.717, 1.165) is 36.9 Å². The van der Waals surface area contributed by atoms with E-state index < -0.39 is 11.8 Å². The molecule has 4 rings (SSSR count). The Morgan fingerprint density at radius 1 is 1.10 bits per heavy atom. The minimum atomic E-state index is -0.496. The summed E-state index contributed by atoms with van der Waals surface area (Å²) in [6, 6.07) is 9.02. The molecule has 1 aliphatic carbocycles. The molecule has 0 spiro atoms. The molecule has 156 valence electrons. The van der Waals surface area contributed by atoms with Gasteiger partial charge < -0.3 is 4.42 Å². The maximum atomic E-state index is 13.1. The highest BCUT2D eigenvalue weighted by atomic mass is 16.3. The number of nitrogens with zero attached hydrogens (tertiary/aromatic N) is 2. The van der Waals surface area contributed by atoms with Crippen LogP contribution in [0.25, 0.3) is 16.7 Å². The number of nitrogens with one attached hydrogen (secondary N) is 2. The zero-order valence-electron chi connectivity index (χ0n) is 17.0. The number of aromatic nitrogens is 2. The minimum absolute atomic E-state index is 0.205. The lowest BCUT2D eigenvalue weighted by molar-refractivity contribution is -0.122. The smallest absolute Gasteiger partial charge is 0.333 e. The molecule has 0 unspecified atom stereocenters. The van der Waals surface area contributed by atoms with Gasteiger partial charge >= 0.3 is 5.69 Å². The monoisotopic (exact) mass is 408 g/mol. The van der Waals surface area contributed by atoms with Gasteiger partial charge in [0.1, 0.15) is 18.1 Å². The number of carbonyl (C=O) groups is 2. The lowest BCUT2D eigenvalue weighted by Gasteiger charge is -2.13. The van der Waals surface area contributed by atoms with Crippen molar-refractivity contribution in [3.63, 3.8) is 0 Å². The molecule has 8 heteroatoms.